The molecule has 0 aliphatic heterocycles. The molecule has 128 valence electrons. The van der Waals surface area contributed by atoms with Gasteiger partial charge in [-0.1, -0.05) is 47.8 Å². The van der Waals surface area contributed by atoms with Crippen LogP contribution in [0.25, 0.3) is 22.1 Å². The van der Waals surface area contributed by atoms with Crippen LogP contribution in [0.15, 0.2) is 58.8 Å². The van der Waals surface area contributed by atoms with Crippen molar-refractivity contribution in [1.29, 1.82) is 0 Å². The zero-order chi connectivity index (χ0) is 16.9. The lowest BCUT2D eigenvalue weighted by Crippen LogP contribution is -2.01. The van der Waals surface area contributed by atoms with Crippen LogP contribution in [0.5, 0.6) is 0 Å². The molecule has 0 aliphatic rings. The number of aromatic amines is 2. The summed E-state index contributed by atoms with van der Waals surface area (Å²) < 4.78 is 5.70. The van der Waals surface area contributed by atoms with E-state index in [0.29, 0.717) is 13.2 Å². The average Bonchev–Trinajstić information content (AvgIpc) is 3.23. The highest BCUT2D eigenvalue weighted by molar-refractivity contribution is 7.99. The van der Waals surface area contributed by atoms with Crippen molar-refractivity contribution in [1.82, 2.24) is 19.9 Å². The molecule has 0 unspecified atom stereocenters. The molecule has 0 bridgehead atoms. The molecule has 2 heterocycles. The summed E-state index contributed by atoms with van der Waals surface area (Å²) >= 11 is 3.37. The van der Waals surface area contributed by atoms with Crippen molar-refractivity contribution >= 4 is 45.6 Å². The Labute approximate surface area is 154 Å². The maximum absolute atomic E-state index is 5.70. The van der Waals surface area contributed by atoms with Gasteiger partial charge < -0.3 is 14.7 Å². The van der Waals surface area contributed by atoms with Gasteiger partial charge in [0.25, 0.3) is 0 Å². The van der Waals surface area contributed by atoms with Crippen LogP contribution < -0.4 is 0 Å². The van der Waals surface area contributed by atoms with E-state index in [1.165, 1.54) is 0 Å². The Morgan fingerprint density at radius 3 is 1.68 bits per heavy atom. The van der Waals surface area contributed by atoms with Crippen molar-refractivity contribution in [2.45, 2.75) is 10.3 Å². The van der Waals surface area contributed by atoms with Crippen molar-refractivity contribution in [2.75, 3.05) is 24.7 Å². The maximum atomic E-state index is 5.70. The largest absolute Gasteiger partial charge is 0.380 e. The Balaban J connectivity index is 1.15. The molecule has 2 aromatic heterocycles. The Kier molecular flexibility index (Phi) is 5.25. The summed E-state index contributed by atoms with van der Waals surface area (Å²) in [5.41, 5.74) is 4.17. The van der Waals surface area contributed by atoms with E-state index in [4.69, 9.17) is 4.74 Å². The molecule has 0 saturated heterocycles. The Bertz CT molecular complexity index is 822. The van der Waals surface area contributed by atoms with Crippen LogP contribution in [-0.2, 0) is 4.74 Å². The molecule has 5 nitrogen and oxygen atoms in total. The molecule has 25 heavy (non-hydrogen) atoms. The fourth-order valence-corrected chi connectivity index (χ4v) is 3.97. The molecule has 0 atom stereocenters. The number of rotatable bonds is 8. The van der Waals surface area contributed by atoms with E-state index in [2.05, 4.69) is 19.9 Å². The van der Waals surface area contributed by atoms with Crippen LogP contribution in [0.3, 0.4) is 0 Å². The van der Waals surface area contributed by atoms with Gasteiger partial charge in [0, 0.05) is 11.5 Å². The van der Waals surface area contributed by atoms with Gasteiger partial charge in [-0.05, 0) is 24.3 Å². The van der Waals surface area contributed by atoms with E-state index in [1.54, 1.807) is 23.5 Å². The summed E-state index contributed by atoms with van der Waals surface area (Å²) in [4.78, 5) is 15.7. The first-order chi connectivity index (χ1) is 12.4. The second-order valence-corrected chi connectivity index (χ2v) is 7.59. The summed E-state index contributed by atoms with van der Waals surface area (Å²) in [6, 6.07) is 16.1. The summed E-state index contributed by atoms with van der Waals surface area (Å²) in [6.45, 7) is 1.42. The standard InChI is InChI=1S/C18H18N4OS2/c1-2-6-14-13(5-1)19-17(20-14)24-11-9-23-10-12-25-18-21-15-7-3-4-8-16(15)22-18/h1-8H,9-12H2,(H,19,20)(H,21,22). The number of para-hydroxylation sites is 4. The minimum absolute atomic E-state index is 0.711. The lowest BCUT2D eigenvalue weighted by molar-refractivity contribution is 0.167. The topological polar surface area (TPSA) is 66.6 Å². The quantitative estimate of drug-likeness (QED) is 0.357. The van der Waals surface area contributed by atoms with E-state index < -0.39 is 0 Å². The molecule has 0 fully saturated rings. The number of thioether (sulfide) groups is 2. The highest BCUT2D eigenvalue weighted by Gasteiger charge is 2.03. The molecule has 7 heteroatoms. The first-order valence-corrected chi connectivity index (χ1v) is 10.1. The first-order valence-electron chi connectivity index (χ1n) is 8.11. The number of ether oxygens (including phenoxy) is 1. The first kappa shape index (κ1) is 16.5. The van der Waals surface area contributed by atoms with E-state index >= 15 is 0 Å². The minimum atomic E-state index is 0.711. The summed E-state index contributed by atoms with van der Waals surface area (Å²) in [5.74, 6) is 1.77. The van der Waals surface area contributed by atoms with Crippen LogP contribution in [0.4, 0.5) is 0 Å². The molecule has 0 spiro atoms. The molecule has 0 amide bonds. The Morgan fingerprint density at radius 2 is 1.20 bits per heavy atom. The van der Waals surface area contributed by atoms with E-state index in [0.717, 1.165) is 43.9 Å². The van der Waals surface area contributed by atoms with Gasteiger partial charge in [0.2, 0.25) is 0 Å². The van der Waals surface area contributed by atoms with E-state index in [9.17, 15) is 0 Å². The second kappa shape index (κ2) is 7.95. The van der Waals surface area contributed by atoms with Gasteiger partial charge in [0.15, 0.2) is 10.3 Å². The Morgan fingerprint density at radius 1 is 0.720 bits per heavy atom. The normalized spacial score (nSPS) is 11.5. The summed E-state index contributed by atoms with van der Waals surface area (Å²) in [5, 5.41) is 1.89. The van der Waals surface area contributed by atoms with Crippen molar-refractivity contribution in [2.24, 2.45) is 0 Å². The molecule has 2 N–H and O–H groups in total. The molecule has 2 aromatic carbocycles. The smallest absolute Gasteiger partial charge is 0.166 e. The van der Waals surface area contributed by atoms with Crippen LogP contribution >= 0.6 is 23.5 Å². The van der Waals surface area contributed by atoms with Gasteiger partial charge in [-0.15, -0.1) is 0 Å². The van der Waals surface area contributed by atoms with Crippen molar-refractivity contribution < 1.29 is 4.74 Å². The van der Waals surface area contributed by atoms with Gasteiger partial charge in [-0.2, -0.15) is 0 Å². The van der Waals surface area contributed by atoms with Gasteiger partial charge in [-0.25, -0.2) is 9.97 Å². The van der Waals surface area contributed by atoms with Crippen LogP contribution in [-0.4, -0.2) is 44.7 Å². The molecule has 4 rings (SSSR count). The third-order valence-electron chi connectivity index (χ3n) is 3.67. The van der Waals surface area contributed by atoms with Crippen molar-refractivity contribution in [3.05, 3.63) is 48.5 Å². The highest BCUT2D eigenvalue weighted by Crippen LogP contribution is 2.20. The number of imidazole rings is 2. The predicted molar refractivity (Wildman–Crippen MR) is 104 cm³/mol. The number of aromatic nitrogens is 4. The fraction of sp³-hybridized carbons (Fsp3) is 0.222. The average molecular weight is 371 g/mol. The number of hydrogen-bond acceptors (Lipinski definition) is 5. The number of H-pyrrole nitrogens is 2. The highest BCUT2D eigenvalue weighted by atomic mass is 32.2. The third kappa shape index (κ3) is 4.18. The summed E-state index contributed by atoms with van der Waals surface area (Å²) in [6.07, 6.45) is 0. The predicted octanol–water partition coefficient (Wildman–Crippen LogP) is 4.34. The van der Waals surface area contributed by atoms with E-state index in [1.807, 2.05) is 48.5 Å². The molecular weight excluding hydrogens is 352 g/mol. The molecule has 4 aromatic rings. The zero-order valence-corrected chi connectivity index (χ0v) is 15.2. The fourth-order valence-electron chi connectivity index (χ4n) is 2.49. The molecule has 0 saturated carbocycles. The van der Waals surface area contributed by atoms with Gasteiger partial charge in [0.1, 0.15) is 0 Å². The lowest BCUT2D eigenvalue weighted by atomic mass is 10.3. The minimum Gasteiger partial charge on any atom is -0.380 e. The van der Waals surface area contributed by atoms with E-state index in [-0.39, 0.29) is 0 Å². The second-order valence-electron chi connectivity index (χ2n) is 5.43. The summed E-state index contributed by atoms with van der Waals surface area (Å²) in [7, 11) is 0. The SMILES string of the molecule is c1ccc2[nH]c(SCCOCCSc3nc4ccccc4[nH]3)nc2c1. The number of benzene rings is 2. The van der Waals surface area contributed by atoms with Gasteiger partial charge >= 0.3 is 0 Å². The molecule has 0 aliphatic carbocycles. The van der Waals surface area contributed by atoms with Gasteiger partial charge in [-0.3, -0.25) is 0 Å². The van der Waals surface area contributed by atoms with Gasteiger partial charge in [0.05, 0.1) is 35.3 Å². The molecular formula is C18H18N4OS2. The van der Waals surface area contributed by atoms with Crippen LogP contribution in [0.1, 0.15) is 0 Å². The van der Waals surface area contributed by atoms with Crippen molar-refractivity contribution in [3.8, 4) is 0 Å². The molecule has 0 radical (unpaired) electrons. The monoisotopic (exact) mass is 370 g/mol. The maximum Gasteiger partial charge on any atom is 0.166 e. The number of hydrogen-bond donors (Lipinski definition) is 2. The Hall–Kier alpha value is -1.96. The number of nitrogens with one attached hydrogen (secondary N) is 2. The number of fused-ring (bicyclic) bond motifs is 2. The van der Waals surface area contributed by atoms with Crippen LogP contribution in [0, 0.1) is 0 Å². The number of nitrogens with zero attached hydrogens (tertiary/aromatic N) is 2. The lowest BCUT2D eigenvalue weighted by Gasteiger charge is -2.02. The van der Waals surface area contributed by atoms with Crippen molar-refractivity contribution in [3.63, 3.8) is 0 Å². The third-order valence-corrected chi connectivity index (χ3v) is 5.34. The van der Waals surface area contributed by atoms with Crippen LogP contribution in [0.2, 0.25) is 0 Å². The zero-order valence-electron chi connectivity index (χ0n) is 13.6.